The zero-order valence-electron chi connectivity index (χ0n) is 30.1. The van der Waals surface area contributed by atoms with E-state index in [0.717, 1.165) is 141 Å². The quantitative estimate of drug-likeness (QED) is 0.0383. The summed E-state index contributed by atoms with van der Waals surface area (Å²) in [5.74, 6) is -0.490. The van der Waals surface area contributed by atoms with Crippen molar-refractivity contribution < 1.29 is 38.1 Å². The zero-order valence-corrected chi connectivity index (χ0v) is 30.1. The van der Waals surface area contributed by atoms with Gasteiger partial charge in [0.15, 0.2) is 0 Å². The molecule has 0 amide bonds. The van der Waals surface area contributed by atoms with E-state index in [1.807, 2.05) is 6.92 Å². The Balaban J connectivity index is 3.47. The fraction of sp³-hybridized carbons (Fsp3) is 0.895. The molecule has 0 aliphatic rings. The van der Waals surface area contributed by atoms with E-state index in [1.165, 1.54) is 0 Å². The third kappa shape index (κ3) is 33.2. The van der Waals surface area contributed by atoms with Crippen molar-refractivity contribution in [2.75, 3.05) is 19.8 Å². The molecule has 0 radical (unpaired) electrons. The highest BCUT2D eigenvalue weighted by molar-refractivity contribution is 5.70. The molecule has 0 rings (SSSR count). The van der Waals surface area contributed by atoms with E-state index < -0.39 is 0 Å². The Labute approximate surface area is 281 Å². The molecule has 0 saturated carbocycles. The van der Waals surface area contributed by atoms with Crippen LogP contribution in [-0.2, 0) is 38.1 Å². The van der Waals surface area contributed by atoms with Gasteiger partial charge in [-0.05, 0) is 45.4 Å². The number of hydrogen-bond donors (Lipinski definition) is 0. The van der Waals surface area contributed by atoms with E-state index in [9.17, 15) is 19.2 Å². The number of carbonyl (C=O) groups is 4. The molecule has 0 aliphatic carbocycles. The molecule has 0 fully saturated rings. The molecule has 0 spiro atoms. The SMILES string of the molecule is CCCCCOC(=O)CCCCCCCCCCC(=O)OCCC(C)OC(=O)CCCCCCCCCCC(=O)OCCCCC. The maximum Gasteiger partial charge on any atom is 0.306 e. The van der Waals surface area contributed by atoms with E-state index in [2.05, 4.69) is 13.8 Å². The summed E-state index contributed by atoms with van der Waals surface area (Å²) in [6, 6.07) is 0. The van der Waals surface area contributed by atoms with Gasteiger partial charge in [-0.15, -0.1) is 0 Å². The predicted octanol–water partition coefficient (Wildman–Crippen LogP) is 10.1. The van der Waals surface area contributed by atoms with Crippen LogP contribution in [0.5, 0.6) is 0 Å². The topological polar surface area (TPSA) is 105 Å². The van der Waals surface area contributed by atoms with Crippen LogP contribution in [0.2, 0.25) is 0 Å². The lowest BCUT2D eigenvalue weighted by atomic mass is 10.1. The van der Waals surface area contributed by atoms with Gasteiger partial charge < -0.3 is 18.9 Å². The van der Waals surface area contributed by atoms with Crippen LogP contribution in [0.25, 0.3) is 0 Å². The molecule has 0 heterocycles. The van der Waals surface area contributed by atoms with E-state index in [1.54, 1.807) is 0 Å². The molecule has 0 bridgehead atoms. The van der Waals surface area contributed by atoms with Crippen molar-refractivity contribution in [1.29, 1.82) is 0 Å². The van der Waals surface area contributed by atoms with Crippen molar-refractivity contribution >= 4 is 23.9 Å². The Morgan fingerprint density at radius 2 is 0.696 bits per heavy atom. The Kier molecular flexibility index (Phi) is 32.6. The number of hydrogen-bond acceptors (Lipinski definition) is 8. The maximum atomic E-state index is 12.1. The first-order valence-corrected chi connectivity index (χ1v) is 19.0. The molecule has 1 unspecified atom stereocenters. The molecule has 0 aromatic carbocycles. The van der Waals surface area contributed by atoms with Crippen LogP contribution < -0.4 is 0 Å². The van der Waals surface area contributed by atoms with E-state index in [0.29, 0.717) is 45.3 Å². The van der Waals surface area contributed by atoms with Gasteiger partial charge in [0, 0.05) is 32.1 Å². The molecule has 46 heavy (non-hydrogen) atoms. The molecular formula is C38H70O8. The molecule has 0 N–H and O–H groups in total. The van der Waals surface area contributed by atoms with Gasteiger partial charge in [0.05, 0.1) is 19.8 Å². The number of esters is 4. The highest BCUT2D eigenvalue weighted by Crippen LogP contribution is 2.14. The van der Waals surface area contributed by atoms with Gasteiger partial charge in [0.25, 0.3) is 0 Å². The van der Waals surface area contributed by atoms with Crippen molar-refractivity contribution in [2.24, 2.45) is 0 Å². The Hall–Kier alpha value is -2.12. The van der Waals surface area contributed by atoms with Crippen LogP contribution in [-0.4, -0.2) is 49.8 Å². The Morgan fingerprint density at radius 3 is 1.04 bits per heavy atom. The summed E-state index contributed by atoms with van der Waals surface area (Å²) in [6.45, 7) is 7.51. The molecule has 0 aliphatic heterocycles. The normalized spacial score (nSPS) is 11.6. The van der Waals surface area contributed by atoms with Crippen LogP contribution in [0.4, 0.5) is 0 Å². The smallest absolute Gasteiger partial charge is 0.306 e. The average Bonchev–Trinajstić information content (AvgIpc) is 3.03. The summed E-state index contributed by atoms with van der Waals surface area (Å²) in [7, 11) is 0. The lowest BCUT2D eigenvalue weighted by molar-refractivity contribution is -0.151. The van der Waals surface area contributed by atoms with Crippen molar-refractivity contribution in [3.63, 3.8) is 0 Å². The predicted molar refractivity (Wildman–Crippen MR) is 184 cm³/mol. The van der Waals surface area contributed by atoms with E-state index in [-0.39, 0.29) is 36.6 Å². The third-order valence-electron chi connectivity index (χ3n) is 8.17. The molecule has 270 valence electrons. The molecule has 1 atom stereocenters. The zero-order chi connectivity index (χ0) is 33.9. The molecule has 0 aromatic heterocycles. The van der Waals surface area contributed by atoms with Gasteiger partial charge >= 0.3 is 23.9 Å². The first-order valence-electron chi connectivity index (χ1n) is 19.0. The molecule has 0 saturated heterocycles. The molecule has 0 aromatic rings. The second kappa shape index (κ2) is 34.2. The van der Waals surface area contributed by atoms with Gasteiger partial charge in [0.1, 0.15) is 6.10 Å². The second-order valence-electron chi connectivity index (χ2n) is 12.8. The van der Waals surface area contributed by atoms with Crippen molar-refractivity contribution in [1.82, 2.24) is 0 Å². The minimum atomic E-state index is -0.259. The lowest BCUT2D eigenvalue weighted by Crippen LogP contribution is -2.18. The van der Waals surface area contributed by atoms with Crippen LogP contribution >= 0.6 is 0 Å². The second-order valence-corrected chi connectivity index (χ2v) is 12.8. The van der Waals surface area contributed by atoms with Gasteiger partial charge in [-0.2, -0.15) is 0 Å². The van der Waals surface area contributed by atoms with Crippen LogP contribution in [0.15, 0.2) is 0 Å². The first kappa shape index (κ1) is 43.9. The summed E-state index contributed by atoms with van der Waals surface area (Å²) >= 11 is 0. The largest absolute Gasteiger partial charge is 0.466 e. The summed E-state index contributed by atoms with van der Waals surface area (Å²) in [5, 5.41) is 0. The number of unbranched alkanes of at least 4 members (excludes halogenated alkanes) is 18. The monoisotopic (exact) mass is 655 g/mol. The Bertz CT molecular complexity index is 738. The van der Waals surface area contributed by atoms with Crippen LogP contribution in [0.1, 0.15) is 194 Å². The first-order chi connectivity index (χ1) is 22.4. The molecule has 8 nitrogen and oxygen atoms in total. The highest BCUT2D eigenvalue weighted by Gasteiger charge is 2.11. The van der Waals surface area contributed by atoms with Gasteiger partial charge in [-0.3, -0.25) is 19.2 Å². The summed E-state index contributed by atoms with van der Waals surface area (Å²) < 4.78 is 21.2. The fourth-order valence-electron chi connectivity index (χ4n) is 5.17. The van der Waals surface area contributed by atoms with Gasteiger partial charge in [-0.25, -0.2) is 0 Å². The molecular weight excluding hydrogens is 584 g/mol. The summed E-state index contributed by atoms with van der Waals surface area (Å²) in [4.78, 5) is 47.4. The summed E-state index contributed by atoms with van der Waals surface area (Å²) in [5.41, 5.74) is 0. The van der Waals surface area contributed by atoms with E-state index in [4.69, 9.17) is 18.9 Å². The lowest BCUT2D eigenvalue weighted by Gasteiger charge is -2.13. The Morgan fingerprint density at radius 1 is 0.391 bits per heavy atom. The van der Waals surface area contributed by atoms with Gasteiger partial charge in [-0.1, -0.05) is 117 Å². The molecule has 8 heteroatoms. The maximum absolute atomic E-state index is 12.1. The van der Waals surface area contributed by atoms with Gasteiger partial charge in [0.2, 0.25) is 0 Å². The summed E-state index contributed by atoms with van der Waals surface area (Å²) in [6.07, 6.45) is 25.3. The van der Waals surface area contributed by atoms with Crippen LogP contribution in [0, 0.1) is 0 Å². The minimum absolute atomic E-state index is 0.0648. The van der Waals surface area contributed by atoms with Crippen molar-refractivity contribution in [3.8, 4) is 0 Å². The van der Waals surface area contributed by atoms with Crippen molar-refractivity contribution in [2.45, 2.75) is 200 Å². The highest BCUT2D eigenvalue weighted by atomic mass is 16.6. The average molecular weight is 655 g/mol. The minimum Gasteiger partial charge on any atom is -0.466 e. The standard InChI is InChI=1S/C38H70O8/c1-4-6-24-31-43-35(39)26-20-16-12-8-9-14-18-22-28-37(41)45-33-30-34(3)46-38(42)29-23-19-15-11-10-13-17-21-27-36(40)44-32-25-7-5-2/h34H,4-33H2,1-3H3. The third-order valence-corrected chi connectivity index (χ3v) is 8.17. The fourth-order valence-corrected chi connectivity index (χ4v) is 5.17. The van der Waals surface area contributed by atoms with Crippen molar-refractivity contribution in [3.05, 3.63) is 0 Å². The number of ether oxygens (including phenoxy) is 4. The van der Waals surface area contributed by atoms with Crippen LogP contribution in [0.3, 0.4) is 0 Å². The number of rotatable bonds is 34. The number of carbonyl (C=O) groups excluding carboxylic acids is 4. The van der Waals surface area contributed by atoms with E-state index >= 15 is 0 Å².